The highest BCUT2D eigenvalue weighted by atomic mass is 19.3. The van der Waals surface area contributed by atoms with Gasteiger partial charge in [-0.15, -0.1) is 0 Å². The van der Waals surface area contributed by atoms with E-state index in [-0.39, 0.29) is 17.2 Å². The van der Waals surface area contributed by atoms with Gasteiger partial charge in [0.2, 0.25) is 0 Å². The molecule has 1 aromatic heterocycles. The minimum absolute atomic E-state index is 0.116. The Balaban J connectivity index is 2.18. The molecule has 1 fully saturated rings. The molecule has 0 atom stereocenters. The quantitative estimate of drug-likeness (QED) is 0.303. The number of aromatic nitrogens is 1. The first-order valence-corrected chi connectivity index (χ1v) is 10.7. The van der Waals surface area contributed by atoms with Gasteiger partial charge in [0.15, 0.2) is 0 Å². The number of hydrogen-bond donors (Lipinski definition) is 1. The van der Waals surface area contributed by atoms with E-state index in [1.165, 1.54) is 18.3 Å². The second-order valence-corrected chi connectivity index (χ2v) is 7.80. The second kappa shape index (κ2) is 11.7. The normalized spacial score (nSPS) is 17.0. The van der Waals surface area contributed by atoms with Gasteiger partial charge in [0, 0.05) is 31.2 Å². The molecule has 8 heteroatoms. The standard InChI is InChI=1S/C24H31F2N3O3/c1-5-7-20(32-19-8-9-21(28-15-19)24(4,25)26)22(27-12-6-2)18-10-13-29(14-11-18)16-17(3)23(30)31/h6-9,12,15,18H,3,5,10-11,13-14,16H2,1-2,4H3,(H,30,31)/b12-6-,20-7-,27-22+. The van der Waals surface area contributed by atoms with Crippen molar-refractivity contribution in [2.45, 2.75) is 46.0 Å². The Labute approximate surface area is 188 Å². The van der Waals surface area contributed by atoms with Gasteiger partial charge in [-0.25, -0.2) is 4.79 Å². The number of carboxylic acids is 1. The van der Waals surface area contributed by atoms with E-state index < -0.39 is 11.9 Å². The number of aliphatic imine (C=N–C) groups is 1. The number of aliphatic carboxylic acids is 1. The highest BCUT2D eigenvalue weighted by Crippen LogP contribution is 2.28. The van der Waals surface area contributed by atoms with Crippen molar-refractivity contribution in [1.29, 1.82) is 0 Å². The molecule has 2 heterocycles. The van der Waals surface area contributed by atoms with Crippen molar-refractivity contribution >= 4 is 11.7 Å². The van der Waals surface area contributed by atoms with Gasteiger partial charge < -0.3 is 9.84 Å². The number of halogens is 2. The molecule has 0 radical (unpaired) electrons. The minimum Gasteiger partial charge on any atom is -0.478 e. The molecule has 0 aliphatic carbocycles. The van der Waals surface area contributed by atoms with Gasteiger partial charge in [-0.1, -0.05) is 19.6 Å². The smallest absolute Gasteiger partial charge is 0.332 e. The van der Waals surface area contributed by atoms with Gasteiger partial charge in [-0.2, -0.15) is 8.78 Å². The number of nitrogens with zero attached hydrogens (tertiary/aromatic N) is 3. The van der Waals surface area contributed by atoms with Crippen LogP contribution in [-0.2, 0) is 10.7 Å². The lowest BCUT2D eigenvalue weighted by atomic mass is 9.90. The zero-order valence-corrected chi connectivity index (χ0v) is 18.9. The summed E-state index contributed by atoms with van der Waals surface area (Å²) in [6.45, 7) is 10.0. The number of carbonyl (C=O) groups is 1. The van der Waals surface area contributed by atoms with Gasteiger partial charge in [0.1, 0.15) is 17.2 Å². The fraction of sp³-hybridized carbons (Fsp3) is 0.458. The van der Waals surface area contributed by atoms with Gasteiger partial charge in [-0.3, -0.25) is 14.9 Å². The summed E-state index contributed by atoms with van der Waals surface area (Å²) in [4.78, 5) is 21.6. The fourth-order valence-electron chi connectivity index (χ4n) is 3.44. The van der Waals surface area contributed by atoms with Crippen molar-refractivity contribution in [1.82, 2.24) is 9.88 Å². The topological polar surface area (TPSA) is 75.0 Å². The van der Waals surface area contributed by atoms with E-state index in [1.807, 2.05) is 26.0 Å². The molecule has 1 aliphatic heterocycles. The predicted octanol–water partition coefficient (Wildman–Crippen LogP) is 5.19. The molecule has 0 saturated carbocycles. The average Bonchev–Trinajstić information content (AvgIpc) is 2.74. The van der Waals surface area contributed by atoms with Crippen LogP contribution >= 0.6 is 0 Å². The average molecular weight is 448 g/mol. The van der Waals surface area contributed by atoms with Crippen LogP contribution in [0, 0.1) is 5.92 Å². The largest absolute Gasteiger partial charge is 0.478 e. The third kappa shape index (κ3) is 7.37. The molecule has 1 saturated heterocycles. The number of allylic oxidation sites excluding steroid dienone is 3. The lowest BCUT2D eigenvalue weighted by Gasteiger charge is -2.32. The van der Waals surface area contributed by atoms with Crippen molar-refractivity contribution in [3.05, 3.63) is 60.3 Å². The van der Waals surface area contributed by atoms with Crippen molar-refractivity contribution in [3.8, 4) is 5.75 Å². The van der Waals surface area contributed by atoms with E-state index in [4.69, 9.17) is 9.84 Å². The van der Waals surface area contributed by atoms with Crippen LogP contribution in [0.4, 0.5) is 8.78 Å². The first-order valence-electron chi connectivity index (χ1n) is 10.7. The van der Waals surface area contributed by atoms with Crippen LogP contribution in [0.3, 0.4) is 0 Å². The number of rotatable bonds is 10. The van der Waals surface area contributed by atoms with Crippen LogP contribution in [0.2, 0.25) is 0 Å². The Bertz CT molecular complexity index is 879. The molecule has 32 heavy (non-hydrogen) atoms. The predicted molar refractivity (Wildman–Crippen MR) is 121 cm³/mol. The summed E-state index contributed by atoms with van der Waals surface area (Å²) in [6.07, 6.45) is 9.03. The summed E-state index contributed by atoms with van der Waals surface area (Å²) in [7, 11) is 0. The van der Waals surface area contributed by atoms with Gasteiger partial charge in [-0.05, 0) is 57.5 Å². The van der Waals surface area contributed by atoms with Gasteiger partial charge >= 0.3 is 5.97 Å². The van der Waals surface area contributed by atoms with Crippen LogP contribution in [-0.4, -0.2) is 46.3 Å². The zero-order valence-electron chi connectivity index (χ0n) is 18.9. The Kier molecular flexibility index (Phi) is 9.26. The number of ether oxygens (including phenoxy) is 1. The Morgan fingerprint density at radius 2 is 2.09 bits per heavy atom. The summed E-state index contributed by atoms with van der Waals surface area (Å²) < 4.78 is 32.9. The van der Waals surface area contributed by atoms with E-state index in [0.29, 0.717) is 37.6 Å². The Morgan fingerprint density at radius 1 is 1.41 bits per heavy atom. The monoisotopic (exact) mass is 447 g/mol. The molecule has 0 amide bonds. The Hall–Kier alpha value is -2.87. The van der Waals surface area contributed by atoms with Gasteiger partial charge in [0.25, 0.3) is 5.92 Å². The van der Waals surface area contributed by atoms with Crippen LogP contribution in [0.1, 0.15) is 45.7 Å². The summed E-state index contributed by atoms with van der Waals surface area (Å²) >= 11 is 0. The van der Waals surface area contributed by atoms with E-state index in [1.54, 1.807) is 6.20 Å². The first kappa shape index (κ1) is 25.4. The summed E-state index contributed by atoms with van der Waals surface area (Å²) in [5.74, 6) is -2.94. The van der Waals surface area contributed by atoms with Crippen molar-refractivity contribution < 1.29 is 23.4 Å². The maximum Gasteiger partial charge on any atom is 0.332 e. The molecule has 1 aliphatic rings. The molecule has 0 bridgehead atoms. The lowest BCUT2D eigenvalue weighted by Crippen LogP contribution is -2.38. The first-order chi connectivity index (χ1) is 15.2. The highest BCUT2D eigenvalue weighted by molar-refractivity contribution is 6.01. The number of carboxylic acid groups (broad SMARTS) is 1. The molecule has 2 rings (SSSR count). The van der Waals surface area contributed by atoms with Crippen molar-refractivity contribution in [2.75, 3.05) is 19.6 Å². The summed E-state index contributed by atoms with van der Waals surface area (Å²) in [5, 5.41) is 9.06. The number of alkyl halides is 2. The molecular weight excluding hydrogens is 416 g/mol. The van der Waals surface area contributed by atoms with E-state index >= 15 is 0 Å². The van der Waals surface area contributed by atoms with E-state index in [9.17, 15) is 13.6 Å². The molecule has 0 aromatic carbocycles. The third-order valence-corrected chi connectivity index (χ3v) is 5.11. The van der Waals surface area contributed by atoms with E-state index in [2.05, 4.69) is 21.5 Å². The highest BCUT2D eigenvalue weighted by Gasteiger charge is 2.28. The molecule has 6 nitrogen and oxygen atoms in total. The Morgan fingerprint density at radius 3 is 2.59 bits per heavy atom. The number of piperidine rings is 1. The SMILES string of the molecule is C=C(CN1CCC(C(=N\C=C/C)/C(=C/CC)Oc2ccc(C(C)(F)F)nc2)CC1)C(=O)O. The van der Waals surface area contributed by atoms with Crippen LogP contribution in [0.25, 0.3) is 0 Å². The van der Waals surface area contributed by atoms with E-state index in [0.717, 1.165) is 25.5 Å². The van der Waals surface area contributed by atoms with Crippen molar-refractivity contribution in [3.63, 3.8) is 0 Å². The maximum absolute atomic E-state index is 13.5. The third-order valence-electron chi connectivity index (χ3n) is 5.11. The lowest BCUT2D eigenvalue weighted by molar-refractivity contribution is -0.132. The number of hydrogen-bond acceptors (Lipinski definition) is 5. The van der Waals surface area contributed by atoms with Crippen LogP contribution in [0.15, 0.2) is 59.6 Å². The zero-order chi connectivity index (χ0) is 23.7. The number of likely N-dealkylation sites (tertiary alicyclic amines) is 1. The number of pyridine rings is 1. The summed E-state index contributed by atoms with van der Waals surface area (Å²) in [6, 6.07) is 2.74. The molecule has 0 unspecified atom stereocenters. The van der Waals surface area contributed by atoms with Crippen LogP contribution in [0.5, 0.6) is 5.75 Å². The van der Waals surface area contributed by atoms with Gasteiger partial charge in [0.05, 0.1) is 11.9 Å². The maximum atomic E-state index is 13.5. The summed E-state index contributed by atoms with van der Waals surface area (Å²) in [5.41, 5.74) is 0.644. The fourth-order valence-corrected chi connectivity index (χ4v) is 3.44. The second-order valence-electron chi connectivity index (χ2n) is 7.80. The molecule has 0 spiro atoms. The molecule has 1 aromatic rings. The van der Waals surface area contributed by atoms with Crippen LogP contribution < -0.4 is 4.74 Å². The molecule has 1 N–H and O–H groups in total. The molecule has 174 valence electrons. The minimum atomic E-state index is -3.01. The molecular formula is C24H31F2N3O3. The van der Waals surface area contributed by atoms with Crippen molar-refractivity contribution in [2.24, 2.45) is 10.9 Å².